The molecule has 1 rings (SSSR count). The number of anilines is 1. The van der Waals surface area contributed by atoms with Crippen LogP contribution < -0.4 is 10.6 Å². The molecule has 0 saturated carbocycles. The number of thiazole rings is 1. The number of hydrogen-bond donors (Lipinski definition) is 2. The SMILES string of the molecule is Cc1csc(N(C)C(C)CC(=N)N)n1. The lowest BCUT2D eigenvalue weighted by atomic mass is 10.2. The summed E-state index contributed by atoms with van der Waals surface area (Å²) in [6.45, 7) is 4.02. The second kappa shape index (κ2) is 4.41. The summed E-state index contributed by atoms with van der Waals surface area (Å²) < 4.78 is 0. The fourth-order valence-electron chi connectivity index (χ4n) is 1.15. The van der Waals surface area contributed by atoms with Crippen molar-refractivity contribution < 1.29 is 0 Å². The van der Waals surface area contributed by atoms with Crippen LogP contribution in [-0.2, 0) is 0 Å². The van der Waals surface area contributed by atoms with E-state index in [4.69, 9.17) is 11.1 Å². The fourth-order valence-corrected chi connectivity index (χ4v) is 2.02. The van der Waals surface area contributed by atoms with Crippen LogP contribution in [0.3, 0.4) is 0 Å². The quantitative estimate of drug-likeness (QED) is 0.588. The van der Waals surface area contributed by atoms with Crippen LogP contribution in [0.4, 0.5) is 5.13 Å². The first kappa shape index (κ1) is 11.0. The first-order valence-electron chi connectivity index (χ1n) is 4.48. The minimum atomic E-state index is 0.220. The minimum Gasteiger partial charge on any atom is -0.388 e. The normalized spacial score (nSPS) is 12.5. The summed E-state index contributed by atoms with van der Waals surface area (Å²) >= 11 is 1.62. The van der Waals surface area contributed by atoms with Gasteiger partial charge in [0, 0.05) is 24.9 Å². The van der Waals surface area contributed by atoms with E-state index in [0.717, 1.165) is 10.8 Å². The Kier molecular flexibility index (Phi) is 3.46. The Bertz CT molecular complexity index is 320. The fraction of sp³-hybridized carbons (Fsp3) is 0.556. The van der Waals surface area contributed by atoms with Gasteiger partial charge in [-0.2, -0.15) is 0 Å². The van der Waals surface area contributed by atoms with E-state index in [1.807, 2.05) is 26.3 Å². The summed E-state index contributed by atoms with van der Waals surface area (Å²) in [6.07, 6.45) is 0.578. The van der Waals surface area contributed by atoms with Crippen LogP contribution in [0.2, 0.25) is 0 Å². The summed E-state index contributed by atoms with van der Waals surface area (Å²) in [6, 6.07) is 0.220. The molecule has 4 nitrogen and oxygen atoms in total. The predicted molar refractivity (Wildman–Crippen MR) is 61.2 cm³/mol. The zero-order chi connectivity index (χ0) is 10.7. The third kappa shape index (κ3) is 2.70. The second-order valence-electron chi connectivity index (χ2n) is 3.46. The van der Waals surface area contributed by atoms with Gasteiger partial charge < -0.3 is 10.6 Å². The van der Waals surface area contributed by atoms with Crippen molar-refractivity contribution in [1.29, 1.82) is 5.41 Å². The zero-order valence-electron chi connectivity index (χ0n) is 8.74. The molecule has 14 heavy (non-hydrogen) atoms. The maximum absolute atomic E-state index is 7.22. The standard InChI is InChI=1S/C9H16N4S/c1-6-5-14-9(12-6)13(3)7(2)4-8(10)11/h5,7H,4H2,1-3H3,(H3,10,11). The lowest BCUT2D eigenvalue weighted by Gasteiger charge is -2.23. The Morgan fingerprint density at radius 3 is 2.86 bits per heavy atom. The lowest BCUT2D eigenvalue weighted by molar-refractivity contribution is 0.706. The molecule has 0 aromatic carbocycles. The molecule has 0 aliphatic rings. The van der Waals surface area contributed by atoms with Crippen LogP contribution in [0.1, 0.15) is 19.0 Å². The van der Waals surface area contributed by atoms with Gasteiger partial charge in [-0.15, -0.1) is 11.3 Å². The predicted octanol–water partition coefficient (Wildman–Crippen LogP) is 1.60. The van der Waals surface area contributed by atoms with Gasteiger partial charge in [-0.3, -0.25) is 5.41 Å². The monoisotopic (exact) mass is 212 g/mol. The van der Waals surface area contributed by atoms with Crippen LogP contribution in [-0.4, -0.2) is 23.9 Å². The van der Waals surface area contributed by atoms with Crippen LogP contribution in [0.15, 0.2) is 5.38 Å². The van der Waals surface area contributed by atoms with Crippen LogP contribution in [0, 0.1) is 12.3 Å². The summed E-state index contributed by atoms with van der Waals surface area (Å²) in [5, 5.41) is 10.2. The molecule has 1 aromatic rings. The number of aryl methyl sites for hydroxylation is 1. The van der Waals surface area contributed by atoms with Crippen molar-refractivity contribution >= 4 is 22.3 Å². The van der Waals surface area contributed by atoms with Gasteiger partial charge in [-0.25, -0.2) is 4.98 Å². The first-order valence-corrected chi connectivity index (χ1v) is 5.36. The van der Waals surface area contributed by atoms with Gasteiger partial charge in [-0.05, 0) is 13.8 Å². The molecular weight excluding hydrogens is 196 g/mol. The van der Waals surface area contributed by atoms with E-state index in [-0.39, 0.29) is 11.9 Å². The third-order valence-electron chi connectivity index (χ3n) is 2.09. The van der Waals surface area contributed by atoms with Crippen LogP contribution >= 0.6 is 11.3 Å². The number of hydrogen-bond acceptors (Lipinski definition) is 4. The van der Waals surface area contributed by atoms with E-state index in [1.165, 1.54) is 0 Å². The van der Waals surface area contributed by atoms with Gasteiger partial charge in [0.25, 0.3) is 0 Å². The summed E-state index contributed by atoms with van der Waals surface area (Å²) in [7, 11) is 1.98. The lowest BCUT2D eigenvalue weighted by Crippen LogP contribution is -2.32. The van der Waals surface area contributed by atoms with E-state index < -0.39 is 0 Å². The minimum absolute atomic E-state index is 0.220. The van der Waals surface area contributed by atoms with Gasteiger partial charge >= 0.3 is 0 Å². The molecule has 78 valence electrons. The Labute approximate surface area is 88.3 Å². The zero-order valence-corrected chi connectivity index (χ0v) is 9.56. The highest BCUT2D eigenvalue weighted by Crippen LogP contribution is 2.21. The number of nitrogens with two attached hydrogens (primary N) is 1. The molecular formula is C9H16N4S. The second-order valence-corrected chi connectivity index (χ2v) is 4.30. The molecule has 0 amide bonds. The van der Waals surface area contributed by atoms with Crippen molar-refractivity contribution in [2.45, 2.75) is 26.3 Å². The van der Waals surface area contributed by atoms with E-state index in [2.05, 4.69) is 9.88 Å². The van der Waals surface area contributed by atoms with E-state index in [1.54, 1.807) is 11.3 Å². The summed E-state index contributed by atoms with van der Waals surface area (Å²) in [5.41, 5.74) is 6.39. The topological polar surface area (TPSA) is 66.0 Å². The average Bonchev–Trinajstić information content (AvgIpc) is 2.49. The van der Waals surface area contributed by atoms with Crippen molar-refractivity contribution in [3.63, 3.8) is 0 Å². The Balaban J connectivity index is 2.65. The highest BCUT2D eigenvalue weighted by atomic mass is 32.1. The van der Waals surface area contributed by atoms with Gasteiger partial charge in [0.2, 0.25) is 0 Å². The number of amidine groups is 1. The molecule has 0 saturated heterocycles. The molecule has 0 radical (unpaired) electrons. The molecule has 1 aromatic heterocycles. The molecule has 0 aliphatic heterocycles. The van der Waals surface area contributed by atoms with Gasteiger partial charge in [0.05, 0.1) is 11.5 Å². The van der Waals surface area contributed by atoms with E-state index >= 15 is 0 Å². The molecule has 1 heterocycles. The smallest absolute Gasteiger partial charge is 0.185 e. The van der Waals surface area contributed by atoms with E-state index in [9.17, 15) is 0 Å². The molecule has 3 N–H and O–H groups in total. The molecule has 5 heteroatoms. The maximum Gasteiger partial charge on any atom is 0.185 e. The van der Waals surface area contributed by atoms with Gasteiger partial charge in [0.1, 0.15) is 0 Å². The van der Waals surface area contributed by atoms with Crippen molar-refractivity contribution in [2.24, 2.45) is 5.73 Å². The van der Waals surface area contributed by atoms with Crippen molar-refractivity contribution in [2.75, 3.05) is 11.9 Å². The highest BCUT2D eigenvalue weighted by Gasteiger charge is 2.13. The van der Waals surface area contributed by atoms with E-state index in [0.29, 0.717) is 6.42 Å². The molecule has 0 spiro atoms. The molecule has 0 fully saturated rings. The maximum atomic E-state index is 7.22. The molecule has 0 aliphatic carbocycles. The summed E-state index contributed by atoms with van der Waals surface area (Å²) in [4.78, 5) is 6.43. The highest BCUT2D eigenvalue weighted by molar-refractivity contribution is 7.13. The van der Waals surface area contributed by atoms with Gasteiger partial charge in [0.15, 0.2) is 5.13 Å². The Morgan fingerprint density at radius 2 is 2.43 bits per heavy atom. The number of rotatable bonds is 4. The van der Waals surface area contributed by atoms with Gasteiger partial charge in [-0.1, -0.05) is 0 Å². The number of aromatic nitrogens is 1. The van der Waals surface area contributed by atoms with Crippen molar-refractivity contribution in [3.05, 3.63) is 11.1 Å². The average molecular weight is 212 g/mol. The first-order chi connectivity index (χ1) is 6.50. The van der Waals surface area contributed by atoms with Crippen molar-refractivity contribution in [1.82, 2.24) is 4.98 Å². The molecule has 1 atom stereocenters. The molecule has 0 bridgehead atoms. The van der Waals surface area contributed by atoms with Crippen molar-refractivity contribution in [3.8, 4) is 0 Å². The Hall–Kier alpha value is -1.10. The van der Waals surface area contributed by atoms with Crippen LogP contribution in [0.25, 0.3) is 0 Å². The molecule has 1 unspecified atom stereocenters. The third-order valence-corrected chi connectivity index (χ3v) is 3.13. The largest absolute Gasteiger partial charge is 0.388 e. The number of nitrogens with one attached hydrogen (secondary N) is 1. The number of nitrogens with zero attached hydrogens (tertiary/aromatic N) is 2. The summed E-state index contributed by atoms with van der Waals surface area (Å²) in [5.74, 6) is 0.220. The van der Waals surface area contributed by atoms with Crippen LogP contribution in [0.5, 0.6) is 0 Å². The Morgan fingerprint density at radius 1 is 1.79 bits per heavy atom.